The Morgan fingerprint density at radius 2 is 1.50 bits per heavy atom. The molecule has 1 aliphatic carbocycles. The Morgan fingerprint density at radius 1 is 0.885 bits per heavy atom. The van der Waals surface area contributed by atoms with Crippen molar-refractivity contribution < 1.29 is 0 Å². The van der Waals surface area contributed by atoms with Crippen LogP contribution in [-0.2, 0) is 17.7 Å². The van der Waals surface area contributed by atoms with Gasteiger partial charge >= 0.3 is 0 Å². The van der Waals surface area contributed by atoms with Crippen LogP contribution in [0.15, 0.2) is 54.6 Å². The summed E-state index contributed by atoms with van der Waals surface area (Å²) in [7, 11) is 0. The van der Waals surface area contributed by atoms with E-state index in [1.165, 1.54) is 23.1 Å². The predicted molar refractivity (Wildman–Crippen MR) is 113 cm³/mol. The highest BCUT2D eigenvalue weighted by molar-refractivity contribution is 6.25. The average Bonchev–Trinajstić information content (AvgIpc) is 3.40. The molecule has 1 atom stereocenters. The van der Waals surface area contributed by atoms with Gasteiger partial charge in [-0.15, -0.1) is 11.6 Å². The van der Waals surface area contributed by atoms with Crippen molar-refractivity contribution in [1.82, 2.24) is 4.90 Å². The zero-order chi connectivity index (χ0) is 18.6. The number of hydrogen-bond acceptors (Lipinski definition) is 1. The van der Waals surface area contributed by atoms with E-state index in [4.69, 9.17) is 11.6 Å². The molecule has 1 fully saturated rings. The Labute approximate surface area is 164 Å². The second-order valence-corrected chi connectivity index (χ2v) is 8.84. The second kappa shape index (κ2) is 8.59. The molecule has 0 radical (unpaired) electrons. The van der Waals surface area contributed by atoms with Crippen LogP contribution < -0.4 is 0 Å². The first-order valence-electron chi connectivity index (χ1n) is 10.1. The van der Waals surface area contributed by atoms with E-state index in [1.807, 2.05) is 0 Å². The van der Waals surface area contributed by atoms with Crippen molar-refractivity contribution in [1.29, 1.82) is 0 Å². The quantitative estimate of drug-likeness (QED) is 0.476. The van der Waals surface area contributed by atoms with Crippen LogP contribution in [0.2, 0.25) is 0 Å². The van der Waals surface area contributed by atoms with E-state index in [1.54, 1.807) is 0 Å². The Morgan fingerprint density at radius 3 is 2.08 bits per heavy atom. The lowest BCUT2D eigenvalue weighted by molar-refractivity contribution is 0.158. The maximum Gasteiger partial charge on any atom is 0.0696 e. The molecular weight excluding hydrogens is 338 g/mol. The van der Waals surface area contributed by atoms with Crippen LogP contribution in [0, 0.1) is 0 Å². The molecule has 2 heteroatoms. The van der Waals surface area contributed by atoms with Gasteiger partial charge in [-0.3, -0.25) is 4.90 Å². The first-order valence-corrected chi connectivity index (χ1v) is 10.4. The molecule has 0 aromatic heterocycles. The lowest BCUT2D eigenvalue weighted by Gasteiger charge is -2.33. The van der Waals surface area contributed by atoms with Gasteiger partial charge < -0.3 is 0 Å². The number of nitrogens with zero attached hydrogens (tertiary/aromatic N) is 1. The molecule has 1 saturated carbocycles. The Kier molecular flexibility index (Phi) is 6.42. The van der Waals surface area contributed by atoms with Gasteiger partial charge in [0, 0.05) is 18.6 Å². The molecule has 0 bridgehead atoms. The number of benzene rings is 2. The van der Waals surface area contributed by atoms with Crippen LogP contribution in [0.25, 0.3) is 0 Å². The van der Waals surface area contributed by atoms with Gasteiger partial charge in [0.2, 0.25) is 0 Å². The fraction of sp³-hybridized carbons (Fsp3) is 0.500. The van der Waals surface area contributed by atoms with Crippen LogP contribution in [0.1, 0.15) is 56.7 Å². The smallest absolute Gasteiger partial charge is 0.0696 e. The predicted octanol–water partition coefficient (Wildman–Crippen LogP) is 6.19. The zero-order valence-corrected chi connectivity index (χ0v) is 17.2. The summed E-state index contributed by atoms with van der Waals surface area (Å²) in [5.41, 5.74) is 4.15. The van der Waals surface area contributed by atoms with Gasteiger partial charge in [0.15, 0.2) is 0 Å². The molecule has 1 unspecified atom stereocenters. The number of halogens is 1. The summed E-state index contributed by atoms with van der Waals surface area (Å²) in [4.78, 5) is 2.59. The first-order chi connectivity index (χ1) is 12.5. The standard InChI is InChI=1S/C24H32ClN/c1-19(2)26(18-15-21-7-5-4-6-8-21)20(3)9-10-22-11-13-23(14-12-22)24(25)16-17-24/h4-8,11-14,19-20H,9-10,15-18H2,1-3H3. The van der Waals surface area contributed by atoms with E-state index >= 15 is 0 Å². The maximum absolute atomic E-state index is 6.50. The highest BCUT2D eigenvalue weighted by atomic mass is 35.5. The minimum atomic E-state index is -0.0439. The molecular formula is C24H32ClN. The summed E-state index contributed by atoms with van der Waals surface area (Å²) in [6, 6.07) is 21.0. The molecule has 0 spiro atoms. The summed E-state index contributed by atoms with van der Waals surface area (Å²) >= 11 is 6.50. The average molecular weight is 370 g/mol. The second-order valence-electron chi connectivity index (χ2n) is 8.12. The third-order valence-corrected chi connectivity index (χ3v) is 6.34. The van der Waals surface area contributed by atoms with Crippen molar-refractivity contribution >= 4 is 11.6 Å². The van der Waals surface area contributed by atoms with E-state index in [2.05, 4.69) is 80.3 Å². The number of alkyl halides is 1. The van der Waals surface area contributed by atoms with E-state index in [-0.39, 0.29) is 4.87 Å². The summed E-state index contributed by atoms with van der Waals surface area (Å²) in [6.45, 7) is 8.12. The van der Waals surface area contributed by atoms with Crippen molar-refractivity contribution in [3.63, 3.8) is 0 Å². The molecule has 2 aromatic rings. The molecule has 140 valence electrons. The topological polar surface area (TPSA) is 3.24 Å². The van der Waals surface area contributed by atoms with E-state index in [0.717, 1.165) is 32.2 Å². The third kappa shape index (κ3) is 5.11. The van der Waals surface area contributed by atoms with Crippen LogP contribution in [0.4, 0.5) is 0 Å². The van der Waals surface area contributed by atoms with Gasteiger partial charge in [0.1, 0.15) is 0 Å². The van der Waals surface area contributed by atoms with Gasteiger partial charge in [0.05, 0.1) is 4.87 Å². The van der Waals surface area contributed by atoms with E-state index in [0.29, 0.717) is 12.1 Å². The molecule has 1 nitrogen and oxygen atoms in total. The van der Waals surface area contributed by atoms with Gasteiger partial charge in [-0.05, 0) is 69.6 Å². The lowest BCUT2D eigenvalue weighted by Crippen LogP contribution is -2.40. The number of hydrogen-bond donors (Lipinski definition) is 0. The largest absolute Gasteiger partial charge is 0.298 e. The van der Waals surface area contributed by atoms with Gasteiger partial charge in [-0.2, -0.15) is 0 Å². The van der Waals surface area contributed by atoms with Crippen LogP contribution in [-0.4, -0.2) is 23.5 Å². The maximum atomic E-state index is 6.50. The van der Waals surface area contributed by atoms with Crippen molar-refractivity contribution in [2.24, 2.45) is 0 Å². The number of aryl methyl sites for hydroxylation is 1. The van der Waals surface area contributed by atoms with Gasteiger partial charge in [0.25, 0.3) is 0 Å². The first kappa shape index (κ1) is 19.5. The summed E-state index contributed by atoms with van der Waals surface area (Å²) in [6.07, 6.45) is 5.69. The summed E-state index contributed by atoms with van der Waals surface area (Å²) in [5, 5.41) is 0. The van der Waals surface area contributed by atoms with Crippen molar-refractivity contribution in [3.05, 3.63) is 71.3 Å². The monoisotopic (exact) mass is 369 g/mol. The minimum absolute atomic E-state index is 0.0439. The van der Waals surface area contributed by atoms with Crippen LogP contribution in [0.5, 0.6) is 0 Å². The van der Waals surface area contributed by atoms with Crippen molar-refractivity contribution in [2.45, 2.75) is 69.8 Å². The fourth-order valence-corrected chi connectivity index (χ4v) is 4.02. The highest BCUT2D eigenvalue weighted by Crippen LogP contribution is 2.51. The molecule has 0 N–H and O–H groups in total. The molecule has 2 aromatic carbocycles. The SMILES string of the molecule is CC(C)N(CCc1ccccc1)C(C)CCc1ccc(C2(Cl)CC2)cc1. The van der Waals surface area contributed by atoms with Gasteiger partial charge in [-0.25, -0.2) is 0 Å². The Hall–Kier alpha value is -1.31. The third-order valence-electron chi connectivity index (χ3n) is 5.74. The zero-order valence-electron chi connectivity index (χ0n) is 16.4. The molecule has 3 rings (SSSR count). The Bertz CT molecular complexity index is 673. The molecule has 0 aliphatic heterocycles. The van der Waals surface area contributed by atoms with Crippen LogP contribution >= 0.6 is 11.6 Å². The molecule has 1 aliphatic rings. The fourth-order valence-electron chi connectivity index (χ4n) is 3.80. The normalized spacial score (nSPS) is 16.8. The highest BCUT2D eigenvalue weighted by Gasteiger charge is 2.41. The molecule has 26 heavy (non-hydrogen) atoms. The van der Waals surface area contributed by atoms with Crippen molar-refractivity contribution in [3.8, 4) is 0 Å². The number of rotatable bonds is 9. The minimum Gasteiger partial charge on any atom is -0.298 e. The molecule has 0 heterocycles. The summed E-state index contributed by atoms with van der Waals surface area (Å²) in [5.74, 6) is 0. The van der Waals surface area contributed by atoms with E-state index < -0.39 is 0 Å². The van der Waals surface area contributed by atoms with Crippen LogP contribution in [0.3, 0.4) is 0 Å². The molecule has 0 saturated heterocycles. The lowest BCUT2D eigenvalue weighted by atomic mass is 10.0. The van der Waals surface area contributed by atoms with E-state index in [9.17, 15) is 0 Å². The molecule has 0 amide bonds. The van der Waals surface area contributed by atoms with Crippen molar-refractivity contribution in [2.75, 3.05) is 6.54 Å². The summed E-state index contributed by atoms with van der Waals surface area (Å²) < 4.78 is 0. The Balaban J connectivity index is 1.51. The van der Waals surface area contributed by atoms with Gasteiger partial charge in [-0.1, -0.05) is 54.6 Å².